The smallest absolute Gasteiger partial charge is 0.343 e. The molecular formula is C18H22N6O2. The average molecular weight is 354 g/mol. The first-order valence-electron chi connectivity index (χ1n) is 8.73. The summed E-state index contributed by atoms with van der Waals surface area (Å²) in [6.07, 6.45) is 3.40. The van der Waals surface area contributed by atoms with Crippen molar-refractivity contribution in [2.45, 2.75) is 39.3 Å². The van der Waals surface area contributed by atoms with Crippen molar-refractivity contribution >= 4 is 23.1 Å². The number of aromatic nitrogens is 4. The van der Waals surface area contributed by atoms with Gasteiger partial charge in [-0.1, -0.05) is 5.92 Å². The summed E-state index contributed by atoms with van der Waals surface area (Å²) in [5.41, 5.74) is 0.441. The van der Waals surface area contributed by atoms with Crippen LogP contribution in [0.25, 0.3) is 16.0 Å². The first kappa shape index (κ1) is 18.0. The molecule has 0 aliphatic carbocycles. The molecule has 0 atom stereocenters. The number of fused-ring (bicyclic) bond motifs is 1. The van der Waals surface area contributed by atoms with Gasteiger partial charge in [-0.05, 0) is 26.2 Å². The molecule has 0 saturated carbocycles. The van der Waals surface area contributed by atoms with Crippen LogP contribution in [0.15, 0.2) is 4.79 Å². The molecule has 26 heavy (non-hydrogen) atoms. The van der Waals surface area contributed by atoms with E-state index in [1.807, 2.05) is 4.57 Å². The number of ether oxygens (including phenoxy) is 1. The van der Waals surface area contributed by atoms with E-state index in [0.717, 1.165) is 25.9 Å². The van der Waals surface area contributed by atoms with Crippen LogP contribution in [0.2, 0.25) is 0 Å². The zero-order valence-corrected chi connectivity index (χ0v) is 15.2. The number of anilines is 1. The fourth-order valence-electron chi connectivity index (χ4n) is 3.20. The second-order valence-corrected chi connectivity index (χ2v) is 6.12. The Morgan fingerprint density at radius 3 is 2.65 bits per heavy atom. The average Bonchev–Trinajstić information content (AvgIpc) is 3.04. The highest BCUT2D eigenvalue weighted by molar-refractivity contribution is 5.75. The number of piperidine rings is 1. The van der Waals surface area contributed by atoms with E-state index in [9.17, 15) is 4.79 Å². The summed E-state index contributed by atoms with van der Waals surface area (Å²) in [7, 11) is 1.56. The van der Waals surface area contributed by atoms with Crippen molar-refractivity contribution in [2.24, 2.45) is 0 Å². The van der Waals surface area contributed by atoms with Gasteiger partial charge >= 0.3 is 11.5 Å². The van der Waals surface area contributed by atoms with Gasteiger partial charge in [-0.15, -0.1) is 17.5 Å². The van der Waals surface area contributed by atoms with E-state index in [2.05, 4.69) is 31.6 Å². The van der Waals surface area contributed by atoms with Crippen molar-refractivity contribution in [3.63, 3.8) is 0 Å². The topological polar surface area (TPSA) is 69.5 Å². The van der Waals surface area contributed by atoms with Gasteiger partial charge in [-0.2, -0.15) is 4.98 Å². The Bertz CT molecular complexity index is 950. The summed E-state index contributed by atoms with van der Waals surface area (Å²) in [5.74, 6) is 6.66. The second-order valence-electron chi connectivity index (χ2n) is 6.12. The second kappa shape index (κ2) is 8.03. The van der Waals surface area contributed by atoms with Gasteiger partial charge in [0.2, 0.25) is 11.6 Å². The molecule has 1 aliphatic heterocycles. The third kappa shape index (κ3) is 3.29. The van der Waals surface area contributed by atoms with Crippen LogP contribution in [0.4, 0.5) is 11.9 Å². The van der Waals surface area contributed by atoms with Gasteiger partial charge in [0.15, 0.2) is 5.52 Å². The molecule has 0 amide bonds. The van der Waals surface area contributed by atoms with E-state index < -0.39 is 0 Å². The van der Waals surface area contributed by atoms with E-state index in [1.54, 1.807) is 14.0 Å². The van der Waals surface area contributed by atoms with E-state index in [1.165, 1.54) is 11.0 Å². The number of imidazole rings is 1. The lowest BCUT2D eigenvalue weighted by Gasteiger charge is -2.27. The Morgan fingerprint density at radius 2 is 2.00 bits per heavy atom. The summed E-state index contributed by atoms with van der Waals surface area (Å²) >= 11 is 0. The molecule has 8 heteroatoms. The number of rotatable bonds is 5. The van der Waals surface area contributed by atoms with Gasteiger partial charge in [0.25, 0.3) is 0 Å². The molecule has 0 unspecified atom stereocenters. The van der Waals surface area contributed by atoms with Crippen LogP contribution in [-0.2, 0) is 17.8 Å². The predicted molar refractivity (Wildman–Crippen MR) is 99.4 cm³/mol. The van der Waals surface area contributed by atoms with Gasteiger partial charge in [-0.25, -0.2) is 4.79 Å². The maximum atomic E-state index is 13.1. The lowest BCUT2D eigenvalue weighted by Crippen LogP contribution is -2.32. The minimum absolute atomic E-state index is 0.0379. The van der Waals surface area contributed by atoms with Crippen molar-refractivity contribution in [1.29, 1.82) is 0 Å². The molecule has 1 aliphatic rings. The summed E-state index contributed by atoms with van der Waals surface area (Å²) < 4.78 is 8.26. The number of hydrogen-bond acceptors (Lipinski definition) is 5. The molecule has 0 aromatic carbocycles. The quantitative estimate of drug-likeness (QED) is 0.605. The first-order chi connectivity index (χ1) is 12.7. The van der Waals surface area contributed by atoms with E-state index in [0.29, 0.717) is 30.3 Å². The van der Waals surface area contributed by atoms with E-state index in [-0.39, 0.29) is 18.1 Å². The highest BCUT2D eigenvalue weighted by Gasteiger charge is 2.25. The summed E-state index contributed by atoms with van der Waals surface area (Å²) in [4.78, 5) is 27.6. The SMILES string of the molecule is [C-]#[N+]c1nc2nc(N3CCCCC3)n(CC#CC)c2c(=O)n1CCOC. The minimum Gasteiger partial charge on any atom is -0.396 e. The van der Waals surface area contributed by atoms with E-state index in [4.69, 9.17) is 11.3 Å². The molecule has 136 valence electrons. The third-order valence-electron chi connectivity index (χ3n) is 4.50. The molecule has 0 radical (unpaired) electrons. The van der Waals surface area contributed by atoms with Crippen LogP contribution >= 0.6 is 0 Å². The lowest BCUT2D eigenvalue weighted by atomic mass is 10.1. The minimum atomic E-state index is -0.272. The number of methoxy groups -OCH3 is 1. The molecule has 3 rings (SSSR count). The highest BCUT2D eigenvalue weighted by Crippen LogP contribution is 2.24. The van der Waals surface area contributed by atoms with Crippen LogP contribution in [0.3, 0.4) is 0 Å². The van der Waals surface area contributed by atoms with Crippen LogP contribution in [0.5, 0.6) is 0 Å². The molecule has 0 spiro atoms. The Balaban J connectivity index is 2.22. The van der Waals surface area contributed by atoms with Gasteiger partial charge in [0.05, 0.1) is 19.7 Å². The van der Waals surface area contributed by atoms with Crippen LogP contribution in [0, 0.1) is 18.4 Å². The van der Waals surface area contributed by atoms with Crippen molar-refractivity contribution in [3.05, 3.63) is 21.8 Å². The summed E-state index contributed by atoms with van der Waals surface area (Å²) in [5, 5.41) is 0. The molecule has 0 bridgehead atoms. The zero-order chi connectivity index (χ0) is 18.5. The van der Waals surface area contributed by atoms with Crippen molar-refractivity contribution in [2.75, 3.05) is 31.7 Å². The van der Waals surface area contributed by atoms with Crippen molar-refractivity contribution in [3.8, 4) is 11.8 Å². The number of nitrogens with zero attached hydrogens (tertiary/aromatic N) is 6. The van der Waals surface area contributed by atoms with Crippen molar-refractivity contribution < 1.29 is 4.74 Å². The van der Waals surface area contributed by atoms with E-state index >= 15 is 0 Å². The van der Waals surface area contributed by atoms with Gasteiger partial charge in [-0.3, -0.25) is 9.13 Å². The van der Waals surface area contributed by atoms with Crippen LogP contribution in [-0.4, -0.2) is 45.9 Å². The maximum Gasteiger partial charge on any atom is 0.343 e. The molecule has 3 heterocycles. The summed E-state index contributed by atoms with van der Waals surface area (Å²) in [6.45, 7) is 11.9. The molecule has 8 nitrogen and oxygen atoms in total. The summed E-state index contributed by atoms with van der Waals surface area (Å²) in [6, 6.07) is 0. The Labute approximate surface area is 152 Å². The van der Waals surface area contributed by atoms with Gasteiger partial charge in [0.1, 0.15) is 0 Å². The van der Waals surface area contributed by atoms with Gasteiger partial charge in [0, 0.05) is 20.2 Å². The lowest BCUT2D eigenvalue weighted by molar-refractivity contribution is 0.187. The Hall–Kier alpha value is -2.84. The van der Waals surface area contributed by atoms with Gasteiger partial charge < -0.3 is 14.5 Å². The molecule has 2 aromatic heterocycles. The largest absolute Gasteiger partial charge is 0.396 e. The monoisotopic (exact) mass is 354 g/mol. The van der Waals surface area contributed by atoms with Crippen LogP contribution in [0.1, 0.15) is 26.2 Å². The van der Waals surface area contributed by atoms with Crippen molar-refractivity contribution in [1.82, 2.24) is 19.1 Å². The predicted octanol–water partition coefficient (Wildman–Crippen LogP) is 1.80. The van der Waals surface area contributed by atoms with Crippen LogP contribution < -0.4 is 10.5 Å². The fourth-order valence-corrected chi connectivity index (χ4v) is 3.20. The molecular weight excluding hydrogens is 332 g/mol. The standard InChI is InChI=1S/C18H22N6O2/c1-4-5-11-23-14-15(21-18(23)22-9-7-6-8-10-22)20-17(19-2)24(16(14)25)12-13-26-3/h6-13H2,1,3H3. The fraction of sp³-hybridized carbons (Fsp3) is 0.556. The maximum absolute atomic E-state index is 13.1. The third-order valence-corrected chi connectivity index (χ3v) is 4.50. The molecule has 1 saturated heterocycles. The highest BCUT2D eigenvalue weighted by atomic mass is 16.5. The molecule has 0 N–H and O–H groups in total. The zero-order valence-electron chi connectivity index (χ0n) is 15.2. The first-order valence-corrected chi connectivity index (χ1v) is 8.73. The number of hydrogen-bond donors (Lipinski definition) is 0. The molecule has 1 fully saturated rings. The Kier molecular flexibility index (Phi) is 5.55. The normalized spacial score (nSPS) is 14.1. The molecule has 2 aromatic rings. The Morgan fingerprint density at radius 1 is 1.23 bits per heavy atom.